The van der Waals surface area contributed by atoms with E-state index < -0.39 is 16.9 Å². The van der Waals surface area contributed by atoms with Gasteiger partial charge in [-0.3, -0.25) is 10.1 Å². The quantitative estimate of drug-likeness (QED) is 0.157. The number of nitro benzene ring substituents is 1. The molecule has 164 valence electrons. The number of carbonyl (C=O) groups excluding carboxylic acids is 2. The van der Waals surface area contributed by atoms with E-state index in [1.807, 2.05) is 0 Å². The lowest BCUT2D eigenvalue weighted by Crippen LogP contribution is -2.09. The van der Waals surface area contributed by atoms with Crippen LogP contribution in [0.25, 0.3) is 6.08 Å². The van der Waals surface area contributed by atoms with Gasteiger partial charge in [0.05, 0.1) is 21.1 Å². The minimum absolute atomic E-state index is 0.0187. The van der Waals surface area contributed by atoms with Gasteiger partial charge in [-0.25, -0.2) is 14.6 Å². The van der Waals surface area contributed by atoms with Crippen LogP contribution in [-0.2, 0) is 9.53 Å². The van der Waals surface area contributed by atoms with Gasteiger partial charge >= 0.3 is 11.9 Å². The number of hydrogen-bond acceptors (Lipinski definition) is 7. The highest BCUT2D eigenvalue weighted by Crippen LogP contribution is 2.28. The number of cyclic esters (lactones) is 1. The number of nitrogens with zero attached hydrogens (tertiary/aromatic N) is 2. The van der Waals surface area contributed by atoms with Crippen LogP contribution in [0.5, 0.6) is 5.75 Å². The zero-order valence-corrected chi connectivity index (χ0v) is 18.0. The monoisotopic (exact) mass is 482 g/mol. The summed E-state index contributed by atoms with van der Waals surface area (Å²) in [4.78, 5) is 39.3. The SMILES string of the molecule is O=C1OC(c2ccc(Cl)cc2Cl)=N/C1=C/c1ccccc1OC(=O)c1ccc([N+](=O)[O-])cc1. The zero-order valence-electron chi connectivity index (χ0n) is 16.5. The van der Waals surface area contributed by atoms with Crippen molar-refractivity contribution >= 4 is 52.8 Å². The summed E-state index contributed by atoms with van der Waals surface area (Å²) in [5.74, 6) is -1.24. The number of carbonyl (C=O) groups is 2. The van der Waals surface area contributed by atoms with Gasteiger partial charge in [0.25, 0.3) is 5.69 Å². The number of para-hydroxylation sites is 1. The first-order valence-corrected chi connectivity index (χ1v) is 10.1. The Kier molecular flexibility index (Phi) is 6.21. The van der Waals surface area contributed by atoms with E-state index in [0.717, 1.165) is 0 Å². The lowest BCUT2D eigenvalue weighted by molar-refractivity contribution is -0.384. The average molecular weight is 483 g/mol. The maximum Gasteiger partial charge on any atom is 0.363 e. The van der Waals surface area contributed by atoms with Gasteiger partial charge in [0.15, 0.2) is 5.70 Å². The summed E-state index contributed by atoms with van der Waals surface area (Å²) in [5.41, 5.74) is 0.754. The first-order chi connectivity index (χ1) is 15.8. The third kappa shape index (κ3) is 4.92. The molecule has 1 heterocycles. The van der Waals surface area contributed by atoms with Crippen LogP contribution in [0.1, 0.15) is 21.5 Å². The van der Waals surface area contributed by atoms with Gasteiger partial charge in [0.1, 0.15) is 5.75 Å². The van der Waals surface area contributed by atoms with Crippen LogP contribution in [0.15, 0.2) is 77.4 Å². The van der Waals surface area contributed by atoms with Crippen LogP contribution in [0.4, 0.5) is 5.69 Å². The molecular weight excluding hydrogens is 471 g/mol. The third-order valence-corrected chi connectivity index (χ3v) is 5.06. The largest absolute Gasteiger partial charge is 0.422 e. The van der Waals surface area contributed by atoms with Crippen LogP contribution in [0, 0.1) is 10.1 Å². The topological polar surface area (TPSA) is 108 Å². The summed E-state index contributed by atoms with van der Waals surface area (Å²) in [5, 5.41) is 11.5. The van der Waals surface area contributed by atoms with Crippen LogP contribution in [-0.4, -0.2) is 22.8 Å². The molecule has 0 fully saturated rings. The lowest BCUT2D eigenvalue weighted by Gasteiger charge is -2.07. The summed E-state index contributed by atoms with van der Waals surface area (Å²) in [6, 6.07) is 16.2. The van der Waals surface area contributed by atoms with E-state index in [9.17, 15) is 19.7 Å². The number of non-ortho nitro benzene ring substituents is 1. The molecule has 3 aromatic rings. The molecule has 0 atom stereocenters. The van der Waals surface area contributed by atoms with E-state index in [1.54, 1.807) is 30.3 Å². The van der Waals surface area contributed by atoms with Gasteiger partial charge in [-0.05, 0) is 42.5 Å². The Morgan fingerprint density at radius 3 is 2.48 bits per heavy atom. The number of esters is 2. The van der Waals surface area contributed by atoms with E-state index in [0.29, 0.717) is 16.1 Å². The molecule has 0 aromatic heterocycles. The first kappa shape index (κ1) is 22.2. The molecule has 0 saturated carbocycles. The predicted molar refractivity (Wildman–Crippen MR) is 122 cm³/mol. The molecule has 0 radical (unpaired) electrons. The van der Waals surface area contributed by atoms with Crippen LogP contribution >= 0.6 is 23.2 Å². The van der Waals surface area contributed by atoms with E-state index >= 15 is 0 Å². The van der Waals surface area contributed by atoms with Gasteiger partial charge in [0, 0.05) is 22.7 Å². The molecule has 0 unspecified atom stereocenters. The summed E-state index contributed by atoms with van der Waals surface area (Å²) in [6.07, 6.45) is 1.41. The van der Waals surface area contributed by atoms with Crippen molar-refractivity contribution in [2.24, 2.45) is 4.99 Å². The number of benzene rings is 3. The predicted octanol–water partition coefficient (Wildman–Crippen LogP) is 5.47. The van der Waals surface area contributed by atoms with Gasteiger partial charge in [0.2, 0.25) is 5.90 Å². The molecule has 0 bridgehead atoms. The molecule has 33 heavy (non-hydrogen) atoms. The van der Waals surface area contributed by atoms with E-state index in [4.69, 9.17) is 32.7 Å². The maximum atomic E-state index is 12.5. The molecule has 0 aliphatic carbocycles. The summed E-state index contributed by atoms with van der Waals surface area (Å²) < 4.78 is 10.7. The van der Waals surface area contributed by atoms with Crippen molar-refractivity contribution in [2.45, 2.75) is 0 Å². The number of rotatable bonds is 5. The summed E-state index contributed by atoms with van der Waals surface area (Å²) >= 11 is 12.1. The molecule has 1 aliphatic heterocycles. The van der Waals surface area contributed by atoms with Crippen molar-refractivity contribution in [2.75, 3.05) is 0 Å². The number of hydrogen-bond donors (Lipinski definition) is 0. The first-order valence-electron chi connectivity index (χ1n) is 9.35. The number of ether oxygens (including phenoxy) is 2. The highest BCUT2D eigenvalue weighted by molar-refractivity contribution is 6.37. The molecular formula is C23H12Cl2N2O6. The standard InChI is InChI=1S/C23H12Cl2N2O6/c24-15-7-10-17(18(25)12-15)21-26-19(23(29)33-21)11-14-3-1-2-4-20(14)32-22(28)13-5-8-16(9-6-13)27(30)31/h1-12H/b19-11+. The number of nitro groups is 1. The van der Waals surface area contributed by atoms with Crippen molar-refractivity contribution in [1.29, 1.82) is 0 Å². The molecule has 3 aromatic carbocycles. The zero-order chi connectivity index (χ0) is 23.5. The van der Waals surface area contributed by atoms with Crippen molar-refractivity contribution in [3.63, 3.8) is 0 Å². The second-order valence-electron chi connectivity index (χ2n) is 6.69. The Hall–Kier alpha value is -4.01. The van der Waals surface area contributed by atoms with Crippen LogP contribution in [0.2, 0.25) is 10.0 Å². The van der Waals surface area contributed by atoms with Crippen molar-refractivity contribution in [1.82, 2.24) is 0 Å². The van der Waals surface area contributed by atoms with Crippen molar-refractivity contribution < 1.29 is 24.0 Å². The fraction of sp³-hybridized carbons (Fsp3) is 0. The maximum absolute atomic E-state index is 12.5. The molecule has 4 rings (SSSR count). The Morgan fingerprint density at radius 2 is 1.79 bits per heavy atom. The van der Waals surface area contributed by atoms with Gasteiger partial charge in [-0.2, -0.15) is 0 Å². The second kappa shape index (κ2) is 9.23. The summed E-state index contributed by atoms with van der Waals surface area (Å²) in [6.45, 7) is 0. The minimum Gasteiger partial charge on any atom is -0.422 e. The van der Waals surface area contributed by atoms with Crippen molar-refractivity contribution in [3.8, 4) is 5.75 Å². The molecule has 1 aliphatic rings. The smallest absolute Gasteiger partial charge is 0.363 e. The molecule has 8 nitrogen and oxygen atoms in total. The number of halogens is 2. The van der Waals surface area contributed by atoms with E-state index in [1.165, 1.54) is 42.5 Å². The highest BCUT2D eigenvalue weighted by atomic mass is 35.5. The molecule has 0 saturated heterocycles. The lowest BCUT2D eigenvalue weighted by atomic mass is 10.1. The Labute approximate surface area is 196 Å². The van der Waals surface area contributed by atoms with E-state index in [2.05, 4.69) is 4.99 Å². The highest BCUT2D eigenvalue weighted by Gasteiger charge is 2.26. The normalized spacial score (nSPS) is 14.1. The average Bonchev–Trinajstić information content (AvgIpc) is 3.14. The molecule has 0 amide bonds. The Bertz CT molecular complexity index is 1350. The Morgan fingerprint density at radius 1 is 1.06 bits per heavy atom. The molecule has 0 spiro atoms. The third-order valence-electron chi connectivity index (χ3n) is 4.51. The number of aliphatic imine (C=N–C) groups is 1. The van der Waals surface area contributed by atoms with Crippen LogP contribution in [0.3, 0.4) is 0 Å². The van der Waals surface area contributed by atoms with E-state index in [-0.39, 0.29) is 33.6 Å². The van der Waals surface area contributed by atoms with Gasteiger partial charge < -0.3 is 9.47 Å². The second-order valence-corrected chi connectivity index (χ2v) is 7.54. The van der Waals surface area contributed by atoms with Gasteiger partial charge in [-0.1, -0.05) is 41.4 Å². The molecule has 10 heteroatoms. The van der Waals surface area contributed by atoms with Crippen molar-refractivity contribution in [3.05, 3.63) is 109 Å². The Balaban J connectivity index is 1.60. The van der Waals surface area contributed by atoms with Gasteiger partial charge in [-0.15, -0.1) is 0 Å². The van der Waals surface area contributed by atoms with Crippen LogP contribution < -0.4 is 4.74 Å². The summed E-state index contributed by atoms with van der Waals surface area (Å²) in [7, 11) is 0. The molecule has 0 N–H and O–H groups in total. The minimum atomic E-state index is -0.720. The fourth-order valence-electron chi connectivity index (χ4n) is 2.91. The fourth-order valence-corrected chi connectivity index (χ4v) is 3.39.